The first kappa shape index (κ1) is 18.9. The number of rotatable bonds is 9. The molecule has 23 heavy (non-hydrogen) atoms. The number of hydrogen-bond donors (Lipinski definition) is 2. The van der Waals surface area contributed by atoms with Gasteiger partial charge in [0, 0.05) is 30.9 Å². The highest BCUT2D eigenvalue weighted by Crippen LogP contribution is 2.05. The van der Waals surface area contributed by atoms with Crippen molar-refractivity contribution < 1.29 is 14.3 Å². The number of carbonyl (C=O) groups excluding carboxylic acids is 2. The van der Waals surface area contributed by atoms with E-state index in [1.807, 2.05) is 18.2 Å². The predicted octanol–water partition coefficient (Wildman–Crippen LogP) is 2.29. The Balaban J connectivity index is 2.37. The quantitative estimate of drug-likeness (QED) is 0.731. The Morgan fingerprint density at radius 1 is 1.30 bits per heavy atom. The van der Waals surface area contributed by atoms with E-state index in [0.717, 1.165) is 12.1 Å². The van der Waals surface area contributed by atoms with Crippen LogP contribution in [0.4, 0.5) is 4.79 Å². The van der Waals surface area contributed by atoms with Crippen molar-refractivity contribution in [2.45, 2.75) is 46.1 Å². The average molecular weight is 321 g/mol. The summed E-state index contributed by atoms with van der Waals surface area (Å²) >= 11 is 0. The van der Waals surface area contributed by atoms with Crippen molar-refractivity contribution >= 4 is 12.0 Å². The van der Waals surface area contributed by atoms with Gasteiger partial charge in [-0.3, -0.25) is 9.78 Å². The summed E-state index contributed by atoms with van der Waals surface area (Å²) in [5, 5.41) is 5.66. The fraction of sp³-hybridized carbons (Fsp3) is 0.588. The van der Waals surface area contributed by atoms with Crippen LogP contribution in [-0.2, 0) is 16.0 Å². The average Bonchev–Trinajstić information content (AvgIpc) is 2.51. The van der Waals surface area contributed by atoms with E-state index in [1.54, 1.807) is 13.1 Å². The van der Waals surface area contributed by atoms with Crippen LogP contribution in [0.15, 0.2) is 24.4 Å². The lowest BCUT2D eigenvalue weighted by molar-refractivity contribution is -0.121. The van der Waals surface area contributed by atoms with Crippen LogP contribution in [0.3, 0.4) is 0 Å². The Bertz CT molecular complexity index is 477. The second-order valence-electron chi connectivity index (χ2n) is 5.82. The number of ether oxygens (including phenoxy) is 1. The number of amides is 2. The molecule has 0 aliphatic rings. The summed E-state index contributed by atoms with van der Waals surface area (Å²) in [5.74, 6) is 0.363. The molecule has 0 aliphatic carbocycles. The summed E-state index contributed by atoms with van der Waals surface area (Å²) in [6, 6.07) is 5.52. The molecule has 2 N–H and O–H groups in total. The third-order valence-corrected chi connectivity index (χ3v) is 3.23. The van der Waals surface area contributed by atoms with Crippen LogP contribution < -0.4 is 10.6 Å². The molecular formula is C17H27N3O3. The van der Waals surface area contributed by atoms with Gasteiger partial charge in [-0.15, -0.1) is 0 Å². The number of nitrogens with zero attached hydrogens (tertiary/aromatic N) is 1. The van der Waals surface area contributed by atoms with Gasteiger partial charge in [0.15, 0.2) is 0 Å². The molecule has 0 radical (unpaired) electrons. The number of pyridine rings is 1. The molecule has 0 saturated carbocycles. The van der Waals surface area contributed by atoms with Gasteiger partial charge in [-0.2, -0.15) is 0 Å². The number of nitrogens with one attached hydrogen (secondary N) is 2. The molecule has 6 nitrogen and oxygen atoms in total. The molecule has 0 aliphatic heterocycles. The minimum absolute atomic E-state index is 0.0462. The maximum atomic E-state index is 11.9. The van der Waals surface area contributed by atoms with E-state index >= 15 is 0 Å². The summed E-state index contributed by atoms with van der Waals surface area (Å²) in [5.41, 5.74) is 0.894. The highest BCUT2D eigenvalue weighted by atomic mass is 16.5. The number of alkyl carbamates (subject to hydrolysis) is 1. The zero-order chi connectivity index (χ0) is 17.1. The van der Waals surface area contributed by atoms with E-state index in [4.69, 9.17) is 4.74 Å². The van der Waals surface area contributed by atoms with Gasteiger partial charge in [0.1, 0.15) is 0 Å². The molecule has 0 bridgehead atoms. The van der Waals surface area contributed by atoms with Crippen molar-refractivity contribution in [2.24, 2.45) is 5.92 Å². The molecule has 1 rings (SSSR count). The number of hydrogen-bond acceptors (Lipinski definition) is 4. The Kier molecular flexibility index (Phi) is 8.72. The number of carbonyl (C=O) groups is 2. The Labute approximate surface area is 138 Å². The van der Waals surface area contributed by atoms with Gasteiger partial charge in [0.25, 0.3) is 0 Å². The van der Waals surface area contributed by atoms with Crippen molar-refractivity contribution in [3.63, 3.8) is 0 Å². The zero-order valence-electron chi connectivity index (χ0n) is 14.2. The first-order valence-corrected chi connectivity index (χ1v) is 8.11. The van der Waals surface area contributed by atoms with Crippen molar-refractivity contribution in [1.82, 2.24) is 15.6 Å². The predicted molar refractivity (Wildman–Crippen MR) is 89.0 cm³/mol. The summed E-state index contributed by atoms with van der Waals surface area (Å²) < 4.78 is 4.90. The maximum absolute atomic E-state index is 11.9. The molecule has 0 unspecified atom stereocenters. The molecule has 2 amide bonds. The third kappa shape index (κ3) is 8.80. The second-order valence-corrected chi connectivity index (χ2v) is 5.82. The van der Waals surface area contributed by atoms with Crippen LogP contribution in [0.5, 0.6) is 0 Å². The van der Waals surface area contributed by atoms with E-state index in [0.29, 0.717) is 31.9 Å². The molecule has 0 spiro atoms. The first-order chi connectivity index (χ1) is 11.0. The van der Waals surface area contributed by atoms with Gasteiger partial charge in [-0.05, 0) is 37.8 Å². The minimum Gasteiger partial charge on any atom is -0.450 e. The van der Waals surface area contributed by atoms with E-state index in [9.17, 15) is 9.59 Å². The van der Waals surface area contributed by atoms with Gasteiger partial charge >= 0.3 is 6.09 Å². The molecule has 0 saturated heterocycles. The Morgan fingerprint density at radius 2 is 2.09 bits per heavy atom. The topological polar surface area (TPSA) is 80.3 Å². The van der Waals surface area contributed by atoms with Gasteiger partial charge in [-0.25, -0.2) is 4.79 Å². The molecular weight excluding hydrogens is 294 g/mol. The monoisotopic (exact) mass is 321 g/mol. The van der Waals surface area contributed by atoms with E-state index in [-0.39, 0.29) is 11.9 Å². The van der Waals surface area contributed by atoms with Crippen molar-refractivity contribution in [1.29, 1.82) is 0 Å². The van der Waals surface area contributed by atoms with E-state index in [2.05, 4.69) is 29.5 Å². The normalized spacial score (nSPS) is 11.8. The lowest BCUT2D eigenvalue weighted by atomic mass is 10.0. The van der Waals surface area contributed by atoms with Crippen LogP contribution in [0.1, 0.15) is 39.3 Å². The number of aromatic nitrogens is 1. The minimum atomic E-state index is -0.444. The highest BCUT2D eigenvalue weighted by Gasteiger charge is 2.15. The van der Waals surface area contributed by atoms with Gasteiger partial charge in [0.2, 0.25) is 5.91 Å². The van der Waals surface area contributed by atoms with Gasteiger partial charge in [-0.1, -0.05) is 19.9 Å². The van der Waals surface area contributed by atoms with Crippen LogP contribution >= 0.6 is 0 Å². The smallest absolute Gasteiger partial charge is 0.407 e. The first-order valence-electron chi connectivity index (χ1n) is 8.11. The summed E-state index contributed by atoms with van der Waals surface area (Å²) in [6.07, 6.45) is 3.03. The summed E-state index contributed by atoms with van der Waals surface area (Å²) in [6.45, 7) is 6.64. The molecule has 1 atom stereocenters. The summed E-state index contributed by atoms with van der Waals surface area (Å²) in [4.78, 5) is 27.7. The lowest BCUT2D eigenvalue weighted by Gasteiger charge is -2.20. The largest absolute Gasteiger partial charge is 0.450 e. The fourth-order valence-corrected chi connectivity index (χ4v) is 2.21. The molecule has 1 heterocycles. The summed E-state index contributed by atoms with van der Waals surface area (Å²) in [7, 11) is 0. The molecule has 0 fully saturated rings. The van der Waals surface area contributed by atoms with Gasteiger partial charge < -0.3 is 15.4 Å². The fourth-order valence-electron chi connectivity index (χ4n) is 2.21. The van der Waals surface area contributed by atoms with Crippen molar-refractivity contribution in [3.8, 4) is 0 Å². The SMILES string of the molecule is CCOC(=O)N[C@H](CNC(=O)CCc1ccccn1)CC(C)C. The van der Waals surface area contributed by atoms with Crippen molar-refractivity contribution in [2.75, 3.05) is 13.2 Å². The zero-order valence-corrected chi connectivity index (χ0v) is 14.2. The Hall–Kier alpha value is -2.11. The highest BCUT2D eigenvalue weighted by molar-refractivity contribution is 5.76. The van der Waals surface area contributed by atoms with E-state index < -0.39 is 6.09 Å². The molecule has 1 aromatic heterocycles. The maximum Gasteiger partial charge on any atom is 0.407 e. The molecule has 128 valence electrons. The lowest BCUT2D eigenvalue weighted by Crippen LogP contribution is -2.44. The second kappa shape index (κ2) is 10.6. The van der Waals surface area contributed by atoms with Gasteiger partial charge in [0.05, 0.1) is 6.61 Å². The third-order valence-electron chi connectivity index (χ3n) is 3.23. The number of aryl methyl sites for hydroxylation is 1. The Morgan fingerprint density at radius 3 is 2.70 bits per heavy atom. The van der Waals surface area contributed by atoms with Crippen LogP contribution in [-0.4, -0.2) is 36.2 Å². The van der Waals surface area contributed by atoms with Crippen LogP contribution in [0.2, 0.25) is 0 Å². The standard InChI is InChI=1S/C17H27N3O3/c1-4-23-17(22)20-15(11-13(2)3)12-19-16(21)9-8-14-7-5-6-10-18-14/h5-7,10,13,15H,4,8-9,11-12H2,1-3H3,(H,19,21)(H,20,22)/t15-/m0/s1. The van der Waals surface area contributed by atoms with E-state index in [1.165, 1.54) is 0 Å². The van der Waals surface area contributed by atoms with Crippen LogP contribution in [0, 0.1) is 5.92 Å². The van der Waals surface area contributed by atoms with Crippen molar-refractivity contribution in [3.05, 3.63) is 30.1 Å². The van der Waals surface area contributed by atoms with Crippen LogP contribution in [0.25, 0.3) is 0 Å². The molecule has 0 aromatic carbocycles. The molecule has 1 aromatic rings. The molecule has 6 heteroatoms.